The first kappa shape index (κ1) is 22.1. The molecule has 8 heteroatoms. The fourth-order valence-electron chi connectivity index (χ4n) is 4.15. The van der Waals surface area contributed by atoms with E-state index in [1.807, 2.05) is 18.2 Å². The predicted molar refractivity (Wildman–Crippen MR) is 125 cm³/mol. The normalized spacial score (nSPS) is 15.8. The molecule has 32 heavy (non-hydrogen) atoms. The number of aliphatic imine (C=N–C) groups is 1. The molecule has 0 atom stereocenters. The molecule has 1 fully saturated rings. The Labute approximate surface area is 188 Å². The van der Waals surface area contributed by atoms with E-state index >= 15 is 0 Å². The van der Waals surface area contributed by atoms with Crippen LogP contribution in [0.2, 0.25) is 0 Å². The summed E-state index contributed by atoms with van der Waals surface area (Å²) >= 11 is 0. The molecule has 0 amide bonds. The number of hydrogen-bond acceptors (Lipinski definition) is 4. The van der Waals surface area contributed by atoms with Crippen molar-refractivity contribution in [3.8, 4) is 5.75 Å². The van der Waals surface area contributed by atoms with Crippen LogP contribution in [0.3, 0.4) is 0 Å². The number of ether oxygens (including phenoxy) is 1. The fourth-order valence-corrected chi connectivity index (χ4v) is 4.15. The van der Waals surface area contributed by atoms with Crippen molar-refractivity contribution in [2.24, 2.45) is 4.99 Å². The number of piperidine rings is 1. The molecule has 4 rings (SSSR count). The lowest BCUT2D eigenvalue weighted by Crippen LogP contribution is -2.48. The molecular formula is C24H31FN6O. The summed E-state index contributed by atoms with van der Waals surface area (Å²) in [4.78, 5) is 11.4. The number of nitrogens with one attached hydrogen (secondary N) is 2. The van der Waals surface area contributed by atoms with Gasteiger partial charge in [-0.1, -0.05) is 12.1 Å². The molecule has 2 aromatic heterocycles. The molecule has 1 aromatic carbocycles. The number of methoxy groups -OCH3 is 1. The second-order valence-corrected chi connectivity index (χ2v) is 8.22. The molecule has 0 aliphatic carbocycles. The highest BCUT2D eigenvalue weighted by molar-refractivity contribution is 5.79. The lowest BCUT2D eigenvalue weighted by molar-refractivity contribution is 0.198. The molecule has 3 heterocycles. The van der Waals surface area contributed by atoms with Gasteiger partial charge < -0.3 is 19.8 Å². The summed E-state index contributed by atoms with van der Waals surface area (Å²) < 4.78 is 21.0. The van der Waals surface area contributed by atoms with E-state index in [0.717, 1.165) is 61.0 Å². The second-order valence-electron chi connectivity index (χ2n) is 8.22. The van der Waals surface area contributed by atoms with E-state index in [1.165, 1.54) is 7.11 Å². The summed E-state index contributed by atoms with van der Waals surface area (Å²) in [7, 11) is 3.27. The van der Waals surface area contributed by atoms with Crippen molar-refractivity contribution in [3.63, 3.8) is 0 Å². The quantitative estimate of drug-likeness (QED) is 0.457. The van der Waals surface area contributed by atoms with Crippen molar-refractivity contribution in [2.75, 3.05) is 27.2 Å². The van der Waals surface area contributed by atoms with Crippen molar-refractivity contribution < 1.29 is 9.13 Å². The third-order valence-corrected chi connectivity index (χ3v) is 5.96. The van der Waals surface area contributed by atoms with Gasteiger partial charge in [0.15, 0.2) is 17.5 Å². The third-order valence-electron chi connectivity index (χ3n) is 5.96. The van der Waals surface area contributed by atoms with E-state index in [2.05, 4.69) is 49.1 Å². The molecule has 2 N–H and O–H groups in total. The number of aryl methyl sites for hydroxylation is 1. The van der Waals surface area contributed by atoms with Crippen LogP contribution in [0.1, 0.15) is 29.8 Å². The molecule has 0 radical (unpaired) electrons. The van der Waals surface area contributed by atoms with Gasteiger partial charge >= 0.3 is 0 Å². The van der Waals surface area contributed by atoms with Gasteiger partial charge in [0.05, 0.1) is 19.3 Å². The number of hydrogen-bond donors (Lipinski definition) is 2. The van der Waals surface area contributed by atoms with E-state index in [9.17, 15) is 4.39 Å². The first-order chi connectivity index (χ1) is 15.6. The fraction of sp³-hybridized carbons (Fsp3) is 0.417. The molecule has 0 bridgehead atoms. The maximum Gasteiger partial charge on any atom is 0.191 e. The summed E-state index contributed by atoms with van der Waals surface area (Å²) in [6.07, 6.45) is 4.07. The van der Waals surface area contributed by atoms with Gasteiger partial charge in [-0.15, -0.1) is 0 Å². The van der Waals surface area contributed by atoms with Crippen LogP contribution in [0.4, 0.5) is 4.39 Å². The van der Waals surface area contributed by atoms with Crippen molar-refractivity contribution in [2.45, 2.75) is 38.9 Å². The molecule has 1 aliphatic rings. The highest BCUT2D eigenvalue weighted by atomic mass is 19.1. The Balaban J connectivity index is 1.25. The minimum atomic E-state index is -0.308. The summed E-state index contributed by atoms with van der Waals surface area (Å²) in [5, 5.41) is 6.91. The lowest BCUT2D eigenvalue weighted by atomic mass is 10.0. The lowest BCUT2D eigenvalue weighted by Gasteiger charge is -2.33. The van der Waals surface area contributed by atoms with E-state index in [-0.39, 0.29) is 11.6 Å². The average Bonchev–Trinajstić information content (AvgIpc) is 3.22. The molecule has 0 saturated carbocycles. The zero-order valence-electron chi connectivity index (χ0n) is 18.9. The summed E-state index contributed by atoms with van der Waals surface area (Å²) in [6, 6.07) is 11.6. The number of halogens is 1. The Morgan fingerprint density at radius 1 is 1.25 bits per heavy atom. The minimum absolute atomic E-state index is 0.286. The Morgan fingerprint density at radius 2 is 2.06 bits per heavy atom. The van der Waals surface area contributed by atoms with Crippen LogP contribution in [0.15, 0.2) is 47.6 Å². The summed E-state index contributed by atoms with van der Waals surface area (Å²) in [6.45, 7) is 5.34. The number of nitrogens with zero attached hydrogens (tertiary/aromatic N) is 4. The Kier molecular flexibility index (Phi) is 6.90. The summed E-state index contributed by atoms with van der Waals surface area (Å²) in [5.41, 5.74) is 4.06. The number of aromatic nitrogens is 2. The topological polar surface area (TPSA) is 66.2 Å². The number of guanidine groups is 1. The van der Waals surface area contributed by atoms with E-state index in [1.54, 1.807) is 19.2 Å². The number of likely N-dealkylation sites (tertiary alicyclic amines) is 1. The first-order valence-electron chi connectivity index (χ1n) is 11.0. The minimum Gasteiger partial charge on any atom is -0.494 e. The van der Waals surface area contributed by atoms with Crippen LogP contribution in [-0.2, 0) is 13.1 Å². The van der Waals surface area contributed by atoms with Crippen molar-refractivity contribution in [1.82, 2.24) is 24.9 Å². The Morgan fingerprint density at radius 3 is 2.75 bits per heavy atom. The first-order valence-corrected chi connectivity index (χ1v) is 11.0. The standard InChI is InChI=1S/C24H31FN6O/c1-17-5-4-6-23-28-20(16-31(17)23)14-27-24(26-2)29-19-9-11-30(12-10-19)15-18-7-8-22(32-3)21(25)13-18/h4-8,13,16,19H,9-12,14-15H2,1-3H3,(H2,26,27,29). The van der Waals surface area contributed by atoms with Gasteiger partial charge in [-0.05, 0) is 49.6 Å². The number of rotatable bonds is 6. The van der Waals surface area contributed by atoms with Crippen LogP contribution < -0.4 is 15.4 Å². The van der Waals surface area contributed by atoms with Crippen LogP contribution in [-0.4, -0.2) is 53.5 Å². The zero-order chi connectivity index (χ0) is 22.5. The summed E-state index contributed by atoms with van der Waals surface area (Å²) in [5.74, 6) is 0.765. The van der Waals surface area contributed by atoms with Crippen LogP contribution >= 0.6 is 0 Å². The van der Waals surface area contributed by atoms with Gasteiger partial charge in [0, 0.05) is 44.6 Å². The number of pyridine rings is 1. The molecule has 1 aliphatic heterocycles. The molecule has 3 aromatic rings. The number of fused-ring (bicyclic) bond motifs is 1. The van der Waals surface area contributed by atoms with Crippen molar-refractivity contribution in [1.29, 1.82) is 0 Å². The predicted octanol–water partition coefficient (Wildman–Crippen LogP) is 3.12. The van der Waals surface area contributed by atoms with E-state index < -0.39 is 0 Å². The van der Waals surface area contributed by atoms with Gasteiger partial charge in [-0.25, -0.2) is 9.37 Å². The Hall–Kier alpha value is -3.13. The molecular weight excluding hydrogens is 407 g/mol. The SMILES string of the molecule is CN=C(NCc1cn2c(C)cccc2n1)NC1CCN(Cc2ccc(OC)c(F)c2)CC1. The molecule has 7 nitrogen and oxygen atoms in total. The van der Waals surface area contributed by atoms with E-state index in [4.69, 9.17) is 4.74 Å². The molecule has 1 saturated heterocycles. The monoisotopic (exact) mass is 438 g/mol. The van der Waals surface area contributed by atoms with Gasteiger partial charge in [0.2, 0.25) is 0 Å². The highest BCUT2D eigenvalue weighted by Gasteiger charge is 2.20. The third kappa shape index (κ3) is 5.19. The highest BCUT2D eigenvalue weighted by Crippen LogP contribution is 2.20. The van der Waals surface area contributed by atoms with Gasteiger partial charge in [-0.2, -0.15) is 0 Å². The van der Waals surface area contributed by atoms with Crippen LogP contribution in [0.25, 0.3) is 5.65 Å². The van der Waals surface area contributed by atoms with E-state index in [0.29, 0.717) is 12.6 Å². The van der Waals surface area contributed by atoms with Gasteiger partial charge in [0.1, 0.15) is 5.65 Å². The van der Waals surface area contributed by atoms with Crippen LogP contribution in [0.5, 0.6) is 5.75 Å². The Bertz CT molecular complexity index is 1090. The number of imidazole rings is 1. The zero-order valence-corrected chi connectivity index (χ0v) is 18.9. The maximum atomic E-state index is 13.9. The smallest absolute Gasteiger partial charge is 0.191 e. The molecule has 0 unspecified atom stereocenters. The van der Waals surface area contributed by atoms with Crippen molar-refractivity contribution in [3.05, 3.63) is 65.4 Å². The average molecular weight is 439 g/mol. The van der Waals surface area contributed by atoms with Crippen molar-refractivity contribution >= 4 is 11.6 Å². The van der Waals surface area contributed by atoms with Gasteiger partial charge in [0.25, 0.3) is 0 Å². The second kappa shape index (κ2) is 9.99. The number of benzene rings is 1. The molecule has 170 valence electrons. The largest absolute Gasteiger partial charge is 0.494 e. The maximum absolute atomic E-state index is 13.9. The van der Waals surface area contributed by atoms with Gasteiger partial charge in [-0.3, -0.25) is 9.89 Å². The van der Waals surface area contributed by atoms with Crippen LogP contribution in [0, 0.1) is 12.7 Å². The molecule has 0 spiro atoms.